The van der Waals surface area contributed by atoms with E-state index in [0.717, 1.165) is 33.3 Å². The fraction of sp³-hybridized carbons (Fsp3) is 0.125. The van der Waals surface area contributed by atoms with Gasteiger partial charge in [0.25, 0.3) is 10.0 Å². The van der Waals surface area contributed by atoms with Gasteiger partial charge in [-0.25, -0.2) is 8.42 Å². The van der Waals surface area contributed by atoms with Crippen LogP contribution in [0.25, 0.3) is 10.1 Å². The number of fused-ring (bicyclic) bond motifs is 2. The van der Waals surface area contributed by atoms with Gasteiger partial charge in [0.2, 0.25) is 0 Å². The van der Waals surface area contributed by atoms with E-state index in [1.165, 1.54) is 16.9 Å². The summed E-state index contributed by atoms with van der Waals surface area (Å²) in [4.78, 5) is 4.69. The largest absolute Gasteiger partial charge is 0.284 e. The maximum absolute atomic E-state index is 13.1. The number of hydrogen-bond donors (Lipinski definition) is 1. The van der Waals surface area contributed by atoms with Crippen molar-refractivity contribution < 1.29 is 8.42 Å². The molecule has 0 saturated heterocycles. The third-order valence-electron chi connectivity index (χ3n) is 5.49. The first-order valence-electron chi connectivity index (χ1n) is 9.97. The summed E-state index contributed by atoms with van der Waals surface area (Å²) < 4.78 is 30.1. The molecule has 3 aromatic carbocycles. The van der Waals surface area contributed by atoms with Crippen LogP contribution in [0.2, 0.25) is 10.0 Å². The number of benzene rings is 3. The van der Waals surface area contributed by atoms with E-state index in [0.29, 0.717) is 32.1 Å². The smallest absolute Gasteiger partial charge is 0.271 e. The second-order valence-electron chi connectivity index (χ2n) is 7.62. The quantitative estimate of drug-likeness (QED) is 0.338. The SMILES string of the molecule is Cc1c(S(=O)(=O)Nc2ccc(C3=NCCc4ccc(Cl)cc43)cc2)sc2ccc(Cl)cc12. The lowest BCUT2D eigenvalue weighted by Gasteiger charge is -2.18. The monoisotopic (exact) mass is 500 g/mol. The van der Waals surface area contributed by atoms with Gasteiger partial charge in [0.1, 0.15) is 4.21 Å². The zero-order valence-corrected chi connectivity index (χ0v) is 20.2. The Morgan fingerprint density at radius 1 is 0.969 bits per heavy atom. The molecule has 0 fully saturated rings. The van der Waals surface area contributed by atoms with Crippen molar-refractivity contribution in [1.82, 2.24) is 0 Å². The lowest BCUT2D eigenvalue weighted by molar-refractivity contribution is 0.603. The van der Waals surface area contributed by atoms with Crippen molar-refractivity contribution in [3.05, 3.63) is 93.0 Å². The van der Waals surface area contributed by atoms with Crippen LogP contribution in [0.4, 0.5) is 5.69 Å². The number of halogens is 2. The Morgan fingerprint density at radius 3 is 2.47 bits per heavy atom. The normalized spacial score (nSPS) is 13.7. The predicted octanol–water partition coefficient (Wildman–Crippen LogP) is 6.71. The van der Waals surface area contributed by atoms with Gasteiger partial charge >= 0.3 is 0 Å². The molecule has 1 aromatic heterocycles. The highest BCUT2D eigenvalue weighted by atomic mass is 35.5. The van der Waals surface area contributed by atoms with E-state index in [1.807, 2.05) is 36.4 Å². The van der Waals surface area contributed by atoms with Crippen molar-refractivity contribution in [3.63, 3.8) is 0 Å². The molecule has 0 bridgehead atoms. The first kappa shape index (κ1) is 21.5. The van der Waals surface area contributed by atoms with E-state index < -0.39 is 10.0 Å². The summed E-state index contributed by atoms with van der Waals surface area (Å²) >= 11 is 13.5. The molecule has 0 atom stereocenters. The van der Waals surface area contributed by atoms with E-state index in [-0.39, 0.29) is 0 Å². The number of nitrogens with zero attached hydrogens (tertiary/aromatic N) is 1. The molecule has 32 heavy (non-hydrogen) atoms. The van der Waals surface area contributed by atoms with Gasteiger partial charge < -0.3 is 0 Å². The van der Waals surface area contributed by atoms with Crippen LogP contribution in [0.5, 0.6) is 0 Å². The molecule has 2 heterocycles. The molecule has 0 spiro atoms. The van der Waals surface area contributed by atoms with Crippen LogP contribution in [-0.2, 0) is 16.4 Å². The number of anilines is 1. The summed E-state index contributed by atoms with van der Waals surface area (Å²) in [5, 5.41) is 2.10. The highest BCUT2D eigenvalue weighted by Gasteiger charge is 2.22. The number of aryl methyl sites for hydroxylation is 1. The molecular weight excluding hydrogens is 483 g/mol. The Labute approximate surface area is 200 Å². The minimum Gasteiger partial charge on any atom is -0.284 e. The van der Waals surface area contributed by atoms with Gasteiger partial charge in [-0.15, -0.1) is 11.3 Å². The first-order valence-corrected chi connectivity index (χ1v) is 13.0. The van der Waals surface area contributed by atoms with Gasteiger partial charge in [0.15, 0.2) is 0 Å². The molecule has 4 aromatic rings. The Kier molecular flexibility index (Phi) is 5.50. The van der Waals surface area contributed by atoms with Crippen molar-refractivity contribution in [2.45, 2.75) is 17.6 Å². The van der Waals surface area contributed by atoms with E-state index in [2.05, 4.69) is 9.71 Å². The summed E-state index contributed by atoms with van der Waals surface area (Å²) in [6, 6.07) is 18.5. The second kappa shape index (κ2) is 8.19. The highest BCUT2D eigenvalue weighted by molar-refractivity contribution is 7.94. The molecule has 162 valence electrons. The van der Waals surface area contributed by atoms with Crippen molar-refractivity contribution in [2.24, 2.45) is 4.99 Å². The summed E-state index contributed by atoms with van der Waals surface area (Å²) in [6.45, 7) is 2.52. The van der Waals surface area contributed by atoms with E-state index in [1.54, 1.807) is 31.2 Å². The predicted molar refractivity (Wildman–Crippen MR) is 134 cm³/mol. The number of thiophene rings is 1. The molecule has 5 rings (SSSR count). The van der Waals surface area contributed by atoms with Crippen LogP contribution in [0.3, 0.4) is 0 Å². The average Bonchev–Trinajstić information content (AvgIpc) is 3.10. The van der Waals surface area contributed by atoms with Crippen molar-refractivity contribution in [2.75, 3.05) is 11.3 Å². The van der Waals surface area contributed by atoms with Crippen molar-refractivity contribution in [3.8, 4) is 0 Å². The third-order valence-corrected chi connectivity index (χ3v) is 9.23. The molecule has 1 aliphatic heterocycles. The van der Waals surface area contributed by atoms with Crippen LogP contribution in [0.15, 0.2) is 69.9 Å². The average molecular weight is 501 g/mol. The van der Waals surface area contributed by atoms with E-state index in [9.17, 15) is 8.42 Å². The van der Waals surface area contributed by atoms with Gasteiger partial charge in [-0.2, -0.15) is 0 Å². The Balaban J connectivity index is 1.44. The molecule has 0 unspecified atom stereocenters. The number of nitrogens with one attached hydrogen (secondary N) is 1. The zero-order chi connectivity index (χ0) is 22.5. The summed E-state index contributed by atoms with van der Waals surface area (Å²) in [5.74, 6) is 0. The zero-order valence-electron chi connectivity index (χ0n) is 17.0. The van der Waals surface area contributed by atoms with Gasteiger partial charge in [-0.05, 0) is 72.3 Å². The fourth-order valence-electron chi connectivity index (χ4n) is 3.93. The molecule has 0 amide bonds. The number of aliphatic imine (C=N–C) groups is 1. The molecule has 1 N–H and O–H groups in total. The van der Waals surface area contributed by atoms with Crippen molar-refractivity contribution >= 4 is 66.0 Å². The molecular formula is C24H18Cl2N2O2S2. The number of sulfonamides is 1. The van der Waals surface area contributed by atoms with Crippen LogP contribution in [-0.4, -0.2) is 20.7 Å². The second-order valence-corrected chi connectivity index (χ2v) is 11.4. The van der Waals surface area contributed by atoms with Crippen molar-refractivity contribution in [1.29, 1.82) is 0 Å². The van der Waals surface area contributed by atoms with E-state index >= 15 is 0 Å². The minimum absolute atomic E-state index is 0.291. The minimum atomic E-state index is -3.73. The third kappa shape index (κ3) is 3.92. The van der Waals surface area contributed by atoms with Crippen LogP contribution < -0.4 is 4.72 Å². The Morgan fingerprint density at radius 2 is 1.69 bits per heavy atom. The molecule has 4 nitrogen and oxygen atoms in total. The van der Waals surface area contributed by atoms with Gasteiger partial charge in [0, 0.05) is 38.1 Å². The number of hydrogen-bond acceptors (Lipinski definition) is 4. The van der Waals surface area contributed by atoms with Crippen LogP contribution in [0.1, 0.15) is 22.3 Å². The fourth-order valence-corrected chi connectivity index (χ4v) is 7.08. The molecule has 8 heteroatoms. The maximum atomic E-state index is 13.1. The summed E-state index contributed by atoms with van der Waals surface area (Å²) in [5.41, 5.74) is 5.22. The van der Waals surface area contributed by atoms with Crippen LogP contribution in [0, 0.1) is 6.92 Å². The standard InChI is InChI=1S/C24H18Cl2N2O2S2/c1-14-20-12-18(26)6-9-22(20)31-24(14)32(29,30)28-19-7-3-16(4-8-19)23-21-13-17(25)5-2-15(21)10-11-27-23/h2-9,12-13,28H,10-11H2,1H3. The van der Waals surface area contributed by atoms with Crippen LogP contribution >= 0.6 is 34.5 Å². The lowest BCUT2D eigenvalue weighted by atomic mass is 9.93. The molecule has 0 radical (unpaired) electrons. The van der Waals surface area contributed by atoms with E-state index in [4.69, 9.17) is 23.2 Å². The summed E-state index contributed by atoms with van der Waals surface area (Å²) in [6.07, 6.45) is 0.883. The first-order chi connectivity index (χ1) is 15.3. The van der Waals surface area contributed by atoms with Gasteiger partial charge in [-0.1, -0.05) is 41.4 Å². The lowest BCUT2D eigenvalue weighted by Crippen LogP contribution is -2.15. The molecule has 0 aliphatic carbocycles. The summed E-state index contributed by atoms with van der Waals surface area (Å²) in [7, 11) is -3.73. The Hall–Kier alpha value is -2.38. The number of rotatable bonds is 4. The Bertz CT molecular complexity index is 1490. The highest BCUT2D eigenvalue weighted by Crippen LogP contribution is 2.36. The van der Waals surface area contributed by atoms with Gasteiger partial charge in [0.05, 0.1) is 5.71 Å². The maximum Gasteiger partial charge on any atom is 0.271 e. The molecule has 0 saturated carbocycles. The topological polar surface area (TPSA) is 58.5 Å². The van der Waals surface area contributed by atoms with Gasteiger partial charge in [-0.3, -0.25) is 9.71 Å². The molecule has 1 aliphatic rings.